The van der Waals surface area contributed by atoms with E-state index in [0.29, 0.717) is 13.2 Å². The van der Waals surface area contributed by atoms with Crippen LogP contribution in [0.2, 0.25) is 0 Å². The molecule has 18 heavy (non-hydrogen) atoms. The molecule has 0 spiro atoms. The van der Waals surface area contributed by atoms with Gasteiger partial charge in [-0.2, -0.15) is 0 Å². The van der Waals surface area contributed by atoms with Crippen molar-refractivity contribution in [1.29, 1.82) is 0 Å². The van der Waals surface area contributed by atoms with Crippen molar-refractivity contribution in [1.82, 2.24) is 4.90 Å². The lowest BCUT2D eigenvalue weighted by molar-refractivity contribution is 0.100. The average Bonchev–Trinajstić information content (AvgIpc) is 2.62. The lowest BCUT2D eigenvalue weighted by Gasteiger charge is -2.20. The number of hydrogen-bond donors (Lipinski definition) is 0. The summed E-state index contributed by atoms with van der Waals surface area (Å²) in [5.74, 6) is 0. The van der Waals surface area contributed by atoms with Gasteiger partial charge in [-0.05, 0) is 24.8 Å². The summed E-state index contributed by atoms with van der Waals surface area (Å²) in [6.45, 7) is 5.71. The molecule has 1 heterocycles. The summed E-state index contributed by atoms with van der Waals surface area (Å²) in [5, 5.41) is 0. The summed E-state index contributed by atoms with van der Waals surface area (Å²) < 4.78 is 5.32. The zero-order chi connectivity index (χ0) is 12.8. The zero-order valence-electron chi connectivity index (χ0n) is 10.6. The van der Waals surface area contributed by atoms with Crippen LogP contribution in [0.3, 0.4) is 0 Å². The number of likely N-dealkylation sites (tertiary alicyclic amines) is 1. The number of nitrogens with zero attached hydrogens (tertiary/aromatic N) is 1. The minimum Gasteiger partial charge on any atom is -0.445 e. The van der Waals surface area contributed by atoms with Crippen LogP contribution in [0.25, 0.3) is 0 Å². The van der Waals surface area contributed by atoms with Gasteiger partial charge in [-0.25, -0.2) is 4.79 Å². The van der Waals surface area contributed by atoms with E-state index in [-0.39, 0.29) is 6.09 Å². The maximum atomic E-state index is 11.9. The molecule has 1 saturated heterocycles. The maximum Gasteiger partial charge on any atom is 0.410 e. The summed E-state index contributed by atoms with van der Waals surface area (Å²) in [6.07, 6.45) is 2.92. The van der Waals surface area contributed by atoms with Gasteiger partial charge in [0.1, 0.15) is 6.61 Å². The second kappa shape index (κ2) is 6.24. The third-order valence-electron chi connectivity index (χ3n) is 3.09. The van der Waals surface area contributed by atoms with Gasteiger partial charge in [0.2, 0.25) is 0 Å². The fraction of sp³-hybridized carbons (Fsp3) is 0.400. The van der Waals surface area contributed by atoms with E-state index in [2.05, 4.69) is 6.58 Å². The molecular formula is C15H19NO2. The van der Waals surface area contributed by atoms with E-state index in [1.807, 2.05) is 30.3 Å². The number of ether oxygens (including phenoxy) is 1. The molecule has 0 aliphatic carbocycles. The second-order valence-corrected chi connectivity index (χ2v) is 4.67. The molecule has 1 aliphatic rings. The molecule has 0 bridgehead atoms. The van der Waals surface area contributed by atoms with Crippen LogP contribution in [0.15, 0.2) is 42.5 Å². The van der Waals surface area contributed by atoms with Crippen molar-refractivity contribution in [2.24, 2.45) is 0 Å². The first-order valence-electron chi connectivity index (χ1n) is 6.38. The molecule has 0 atom stereocenters. The number of hydrogen-bond acceptors (Lipinski definition) is 2. The van der Waals surface area contributed by atoms with Crippen LogP contribution in [0.4, 0.5) is 4.79 Å². The Hall–Kier alpha value is -1.77. The van der Waals surface area contributed by atoms with Crippen LogP contribution in [0.1, 0.15) is 24.8 Å². The first-order valence-corrected chi connectivity index (χ1v) is 6.38. The fourth-order valence-corrected chi connectivity index (χ4v) is 2.07. The molecule has 1 amide bonds. The third kappa shape index (κ3) is 3.62. The topological polar surface area (TPSA) is 29.5 Å². The molecule has 1 aromatic rings. The predicted octanol–water partition coefficient (Wildman–Crippen LogP) is 3.37. The number of benzene rings is 1. The average molecular weight is 245 g/mol. The number of amides is 1. The fourth-order valence-electron chi connectivity index (χ4n) is 2.07. The van der Waals surface area contributed by atoms with Gasteiger partial charge < -0.3 is 9.64 Å². The normalized spacial score (nSPS) is 16.2. The van der Waals surface area contributed by atoms with Crippen LogP contribution in [0, 0.1) is 0 Å². The molecule has 0 unspecified atom stereocenters. The summed E-state index contributed by atoms with van der Waals surface area (Å²) in [6, 6.07) is 9.74. The lowest BCUT2D eigenvalue weighted by atomic mass is 10.1. The molecule has 0 radical (unpaired) electrons. The van der Waals surface area contributed by atoms with Crippen molar-refractivity contribution < 1.29 is 9.53 Å². The van der Waals surface area contributed by atoms with Gasteiger partial charge in [-0.3, -0.25) is 0 Å². The predicted molar refractivity (Wildman–Crippen MR) is 71.2 cm³/mol. The van der Waals surface area contributed by atoms with Crippen molar-refractivity contribution in [2.75, 3.05) is 13.1 Å². The van der Waals surface area contributed by atoms with Crippen molar-refractivity contribution in [3.63, 3.8) is 0 Å². The zero-order valence-corrected chi connectivity index (χ0v) is 10.6. The summed E-state index contributed by atoms with van der Waals surface area (Å²) in [4.78, 5) is 13.7. The molecule has 3 nitrogen and oxygen atoms in total. The number of rotatable bonds is 2. The molecule has 2 rings (SSSR count). The minimum absolute atomic E-state index is 0.234. The lowest BCUT2D eigenvalue weighted by Crippen LogP contribution is -2.32. The van der Waals surface area contributed by atoms with E-state index in [1.54, 1.807) is 4.90 Å². The molecular weight excluding hydrogens is 226 g/mol. The van der Waals surface area contributed by atoms with Gasteiger partial charge in [0.15, 0.2) is 0 Å². The molecule has 1 aromatic carbocycles. The Morgan fingerprint density at radius 1 is 1.28 bits per heavy atom. The molecule has 1 aliphatic heterocycles. The van der Waals surface area contributed by atoms with Gasteiger partial charge in [0.25, 0.3) is 0 Å². The van der Waals surface area contributed by atoms with E-state index in [1.165, 1.54) is 0 Å². The Labute approximate surface area is 108 Å². The minimum atomic E-state index is -0.234. The van der Waals surface area contributed by atoms with E-state index in [9.17, 15) is 4.79 Å². The molecule has 0 aromatic heterocycles. The van der Waals surface area contributed by atoms with E-state index in [0.717, 1.165) is 36.9 Å². The van der Waals surface area contributed by atoms with E-state index in [4.69, 9.17) is 4.74 Å². The number of carbonyl (C=O) groups excluding carboxylic acids is 1. The van der Waals surface area contributed by atoms with Gasteiger partial charge in [-0.1, -0.05) is 42.5 Å². The maximum absolute atomic E-state index is 11.9. The number of carbonyl (C=O) groups is 1. The summed E-state index contributed by atoms with van der Waals surface area (Å²) in [7, 11) is 0. The highest BCUT2D eigenvalue weighted by molar-refractivity contribution is 5.68. The molecule has 0 saturated carbocycles. The van der Waals surface area contributed by atoms with Crippen LogP contribution < -0.4 is 0 Å². The molecule has 3 heteroatoms. The largest absolute Gasteiger partial charge is 0.445 e. The summed E-state index contributed by atoms with van der Waals surface area (Å²) in [5.41, 5.74) is 2.13. The van der Waals surface area contributed by atoms with Gasteiger partial charge in [0.05, 0.1) is 0 Å². The highest BCUT2D eigenvalue weighted by Gasteiger charge is 2.18. The third-order valence-corrected chi connectivity index (χ3v) is 3.09. The Morgan fingerprint density at radius 3 is 2.83 bits per heavy atom. The standard InChI is InChI=1S/C15H19NO2/c1-13-7-5-6-10-16(11-13)15(17)18-12-14-8-3-2-4-9-14/h2-4,8-9H,1,5-7,10-12H2. The first-order chi connectivity index (χ1) is 8.75. The Kier molecular flexibility index (Phi) is 4.40. The van der Waals surface area contributed by atoms with E-state index < -0.39 is 0 Å². The smallest absolute Gasteiger partial charge is 0.410 e. The van der Waals surface area contributed by atoms with Crippen molar-refractivity contribution in [3.05, 3.63) is 48.0 Å². The van der Waals surface area contributed by atoms with Crippen LogP contribution in [0.5, 0.6) is 0 Å². The SMILES string of the molecule is C=C1CCCCN(C(=O)OCc2ccccc2)C1. The van der Waals surface area contributed by atoms with Gasteiger partial charge in [-0.15, -0.1) is 0 Å². The van der Waals surface area contributed by atoms with Gasteiger partial charge in [0, 0.05) is 13.1 Å². The molecule has 96 valence electrons. The van der Waals surface area contributed by atoms with Crippen LogP contribution >= 0.6 is 0 Å². The van der Waals surface area contributed by atoms with Crippen molar-refractivity contribution >= 4 is 6.09 Å². The monoisotopic (exact) mass is 245 g/mol. The summed E-state index contributed by atoms with van der Waals surface area (Å²) >= 11 is 0. The van der Waals surface area contributed by atoms with Gasteiger partial charge >= 0.3 is 6.09 Å². The Balaban J connectivity index is 1.85. The Bertz CT molecular complexity index is 414. The Morgan fingerprint density at radius 2 is 2.06 bits per heavy atom. The molecule has 0 N–H and O–H groups in total. The highest BCUT2D eigenvalue weighted by Crippen LogP contribution is 2.15. The highest BCUT2D eigenvalue weighted by atomic mass is 16.6. The first kappa shape index (κ1) is 12.7. The van der Waals surface area contributed by atoms with E-state index >= 15 is 0 Å². The van der Waals surface area contributed by atoms with Crippen LogP contribution in [-0.4, -0.2) is 24.1 Å². The molecule has 1 fully saturated rings. The van der Waals surface area contributed by atoms with Crippen LogP contribution in [-0.2, 0) is 11.3 Å². The second-order valence-electron chi connectivity index (χ2n) is 4.67. The quantitative estimate of drug-likeness (QED) is 0.748. The van der Waals surface area contributed by atoms with Crippen molar-refractivity contribution in [2.45, 2.75) is 25.9 Å². The van der Waals surface area contributed by atoms with Crippen molar-refractivity contribution in [3.8, 4) is 0 Å².